The summed E-state index contributed by atoms with van der Waals surface area (Å²) in [6.07, 6.45) is 1.61. The number of carbonyl (C=O) groups is 1. The van der Waals surface area contributed by atoms with Crippen molar-refractivity contribution in [2.24, 2.45) is 0 Å². The van der Waals surface area contributed by atoms with Crippen LogP contribution in [-0.4, -0.2) is 22.3 Å². The van der Waals surface area contributed by atoms with Crippen molar-refractivity contribution in [2.45, 2.75) is 6.54 Å². The molecule has 66 valence electrons. The lowest BCUT2D eigenvalue weighted by Crippen LogP contribution is -2.26. The van der Waals surface area contributed by atoms with Crippen LogP contribution in [-0.2, 0) is 11.3 Å². The maximum Gasteiger partial charge on any atom is 0.232 e. The number of hydrogen-bond donors (Lipinski definition) is 0. The van der Waals surface area contributed by atoms with E-state index in [9.17, 15) is 4.79 Å². The minimum atomic E-state index is 0.118. The van der Waals surface area contributed by atoms with E-state index in [0.29, 0.717) is 11.0 Å². The summed E-state index contributed by atoms with van der Waals surface area (Å²) in [5.41, 5.74) is 0. The van der Waals surface area contributed by atoms with Gasteiger partial charge in [0.25, 0.3) is 0 Å². The summed E-state index contributed by atoms with van der Waals surface area (Å²) in [5.74, 6) is 0.933. The van der Waals surface area contributed by atoms with Crippen molar-refractivity contribution < 1.29 is 9.21 Å². The van der Waals surface area contributed by atoms with Gasteiger partial charge in [-0.3, -0.25) is 4.79 Å². The van der Waals surface area contributed by atoms with E-state index >= 15 is 0 Å². The smallest absolute Gasteiger partial charge is 0.232 e. The van der Waals surface area contributed by atoms with E-state index in [4.69, 9.17) is 4.42 Å². The number of nitrogens with zero attached hydrogens (tertiary/aromatic N) is 1. The molecule has 1 heterocycles. The fourth-order valence-corrected chi connectivity index (χ4v) is 1.41. The second-order valence-electron chi connectivity index (χ2n) is 2.46. The molecule has 0 bridgehead atoms. The molecule has 3 nitrogen and oxygen atoms in total. The summed E-state index contributed by atoms with van der Waals surface area (Å²) in [6, 6.07) is 3.68. The van der Waals surface area contributed by atoms with E-state index in [0.717, 1.165) is 5.76 Å². The topological polar surface area (TPSA) is 33.5 Å². The van der Waals surface area contributed by atoms with Crippen LogP contribution >= 0.6 is 22.6 Å². The number of hydrogen-bond acceptors (Lipinski definition) is 2. The average Bonchev–Trinajstić information content (AvgIpc) is 2.55. The highest BCUT2D eigenvalue weighted by Crippen LogP contribution is 2.04. The minimum absolute atomic E-state index is 0.118. The fraction of sp³-hybridized carbons (Fsp3) is 0.375. The molecule has 0 aliphatic carbocycles. The molecule has 0 aliphatic heterocycles. The number of halogens is 1. The third kappa shape index (κ3) is 2.51. The fourth-order valence-electron chi connectivity index (χ4n) is 0.826. The van der Waals surface area contributed by atoms with Crippen molar-refractivity contribution in [3.8, 4) is 0 Å². The lowest BCUT2D eigenvalue weighted by atomic mass is 10.4. The molecule has 1 amide bonds. The Hall–Kier alpha value is -0.520. The first kappa shape index (κ1) is 9.57. The molecular formula is C8H10INO2. The highest BCUT2D eigenvalue weighted by Gasteiger charge is 2.07. The van der Waals surface area contributed by atoms with Crippen molar-refractivity contribution in [3.05, 3.63) is 24.2 Å². The van der Waals surface area contributed by atoms with Gasteiger partial charge in [0.2, 0.25) is 5.91 Å². The zero-order valence-electron chi connectivity index (χ0n) is 6.79. The lowest BCUT2D eigenvalue weighted by Gasteiger charge is -2.13. The number of alkyl halides is 1. The van der Waals surface area contributed by atoms with E-state index in [1.807, 2.05) is 34.7 Å². The number of carbonyl (C=O) groups excluding carboxylic acids is 1. The quantitative estimate of drug-likeness (QED) is 0.623. The van der Waals surface area contributed by atoms with Gasteiger partial charge in [0.1, 0.15) is 5.76 Å². The first-order chi connectivity index (χ1) is 5.74. The molecule has 0 atom stereocenters. The SMILES string of the molecule is CN(Cc1ccco1)C(=O)CI. The van der Waals surface area contributed by atoms with Gasteiger partial charge in [0.15, 0.2) is 0 Å². The molecule has 12 heavy (non-hydrogen) atoms. The molecule has 0 radical (unpaired) electrons. The molecule has 0 spiro atoms. The van der Waals surface area contributed by atoms with Gasteiger partial charge in [0.05, 0.1) is 17.2 Å². The summed E-state index contributed by atoms with van der Waals surface area (Å²) in [4.78, 5) is 12.8. The molecular weight excluding hydrogens is 269 g/mol. The van der Waals surface area contributed by atoms with Crippen LogP contribution in [0.3, 0.4) is 0 Å². The Kier molecular flexibility index (Phi) is 3.58. The second-order valence-corrected chi connectivity index (χ2v) is 3.23. The molecule has 0 aromatic carbocycles. The van der Waals surface area contributed by atoms with Crippen molar-refractivity contribution in [1.29, 1.82) is 0 Å². The van der Waals surface area contributed by atoms with Crippen LogP contribution in [0.1, 0.15) is 5.76 Å². The van der Waals surface area contributed by atoms with Crippen LogP contribution in [0, 0.1) is 0 Å². The van der Waals surface area contributed by atoms with E-state index in [-0.39, 0.29) is 5.91 Å². The monoisotopic (exact) mass is 279 g/mol. The summed E-state index contributed by atoms with van der Waals surface area (Å²) >= 11 is 2.05. The second kappa shape index (κ2) is 4.49. The Morgan fingerprint density at radius 3 is 3.00 bits per heavy atom. The predicted molar refractivity (Wildman–Crippen MR) is 54.1 cm³/mol. The van der Waals surface area contributed by atoms with Gasteiger partial charge >= 0.3 is 0 Å². The predicted octanol–water partition coefficient (Wildman–Crippen LogP) is 1.67. The zero-order valence-corrected chi connectivity index (χ0v) is 8.95. The third-order valence-electron chi connectivity index (χ3n) is 1.51. The van der Waals surface area contributed by atoms with E-state index in [1.54, 1.807) is 18.2 Å². The molecule has 0 N–H and O–H groups in total. The van der Waals surface area contributed by atoms with Crippen LogP contribution in [0.2, 0.25) is 0 Å². The molecule has 4 heteroatoms. The molecule has 0 unspecified atom stereocenters. The summed E-state index contributed by atoms with van der Waals surface area (Å²) in [7, 11) is 1.77. The molecule has 0 fully saturated rings. The first-order valence-corrected chi connectivity index (χ1v) is 5.09. The van der Waals surface area contributed by atoms with Crippen LogP contribution in [0.4, 0.5) is 0 Å². The van der Waals surface area contributed by atoms with Crippen molar-refractivity contribution >= 4 is 28.5 Å². The minimum Gasteiger partial charge on any atom is -0.467 e. The van der Waals surface area contributed by atoms with Gasteiger partial charge in [-0.25, -0.2) is 0 Å². The summed E-state index contributed by atoms with van der Waals surface area (Å²) < 4.78 is 5.61. The highest BCUT2D eigenvalue weighted by atomic mass is 127. The Balaban J connectivity index is 2.47. The standard InChI is InChI=1S/C8H10INO2/c1-10(8(11)5-9)6-7-3-2-4-12-7/h2-4H,5-6H2,1H3. The van der Waals surface area contributed by atoms with Crippen LogP contribution in [0.5, 0.6) is 0 Å². The van der Waals surface area contributed by atoms with Crippen LogP contribution in [0.15, 0.2) is 22.8 Å². The van der Waals surface area contributed by atoms with Gasteiger partial charge < -0.3 is 9.32 Å². The Bertz CT molecular complexity index is 246. The van der Waals surface area contributed by atoms with E-state index < -0.39 is 0 Å². The molecule has 0 saturated heterocycles. The van der Waals surface area contributed by atoms with Gasteiger partial charge in [0, 0.05) is 7.05 Å². The first-order valence-electron chi connectivity index (χ1n) is 3.56. The average molecular weight is 279 g/mol. The Morgan fingerprint density at radius 2 is 2.50 bits per heavy atom. The van der Waals surface area contributed by atoms with Gasteiger partial charge in [-0.1, -0.05) is 22.6 Å². The number of rotatable bonds is 3. The lowest BCUT2D eigenvalue weighted by molar-refractivity contribution is -0.127. The van der Waals surface area contributed by atoms with Crippen molar-refractivity contribution in [2.75, 3.05) is 11.5 Å². The molecule has 1 aromatic heterocycles. The zero-order chi connectivity index (χ0) is 8.97. The Labute approximate surface area is 84.9 Å². The molecule has 1 aromatic rings. The van der Waals surface area contributed by atoms with Crippen LogP contribution in [0.25, 0.3) is 0 Å². The summed E-state index contributed by atoms with van der Waals surface area (Å²) in [6.45, 7) is 0.550. The van der Waals surface area contributed by atoms with E-state index in [2.05, 4.69) is 0 Å². The molecule has 0 aliphatic rings. The number of furan rings is 1. The molecule has 1 rings (SSSR count). The normalized spacial score (nSPS) is 9.83. The van der Waals surface area contributed by atoms with Crippen LogP contribution < -0.4 is 0 Å². The summed E-state index contributed by atoms with van der Waals surface area (Å²) in [5, 5.41) is 0. The van der Waals surface area contributed by atoms with Crippen molar-refractivity contribution in [1.82, 2.24) is 4.90 Å². The van der Waals surface area contributed by atoms with Gasteiger partial charge in [-0.2, -0.15) is 0 Å². The largest absolute Gasteiger partial charge is 0.467 e. The van der Waals surface area contributed by atoms with E-state index in [1.165, 1.54) is 0 Å². The highest BCUT2D eigenvalue weighted by molar-refractivity contribution is 14.1. The Morgan fingerprint density at radius 1 is 1.75 bits per heavy atom. The van der Waals surface area contributed by atoms with Crippen molar-refractivity contribution in [3.63, 3.8) is 0 Å². The van der Waals surface area contributed by atoms with Gasteiger partial charge in [-0.15, -0.1) is 0 Å². The maximum atomic E-state index is 11.1. The maximum absolute atomic E-state index is 11.1. The number of amides is 1. The molecule has 0 saturated carbocycles. The van der Waals surface area contributed by atoms with Gasteiger partial charge in [-0.05, 0) is 12.1 Å². The third-order valence-corrected chi connectivity index (χ3v) is 2.17.